The number of pyridine rings is 1. The van der Waals surface area contributed by atoms with Gasteiger partial charge in [0.1, 0.15) is 11.5 Å². The van der Waals surface area contributed by atoms with Crippen molar-refractivity contribution in [1.82, 2.24) is 9.88 Å². The Hall–Kier alpha value is -3.09. The van der Waals surface area contributed by atoms with E-state index in [2.05, 4.69) is 4.98 Å². The smallest absolute Gasteiger partial charge is 0.228 e. The van der Waals surface area contributed by atoms with Crippen molar-refractivity contribution < 1.29 is 19.1 Å². The minimum Gasteiger partial charge on any atom is -0.497 e. The standard InChI is InChI=1S/C23H27N3O4/c1-29-18-8-9-20(21(13-18)30-2)26-15-17(12-22(26)27)23(28)25-11-4-3-7-19(25)16-6-5-10-24-14-16/h5-6,8-10,13-14,17,19H,3-4,7,11-12,15H2,1-2H3/t17?,19-/m0/s1. The van der Waals surface area contributed by atoms with Crippen molar-refractivity contribution in [1.29, 1.82) is 0 Å². The minimum absolute atomic E-state index is 0.0274. The van der Waals surface area contributed by atoms with Crippen LogP contribution in [-0.4, -0.2) is 49.0 Å². The summed E-state index contributed by atoms with van der Waals surface area (Å²) in [5, 5.41) is 0. The van der Waals surface area contributed by atoms with Crippen LogP contribution in [0.25, 0.3) is 0 Å². The molecule has 0 bridgehead atoms. The van der Waals surface area contributed by atoms with Crippen molar-refractivity contribution in [2.24, 2.45) is 5.92 Å². The van der Waals surface area contributed by atoms with E-state index in [-0.39, 0.29) is 30.2 Å². The minimum atomic E-state index is -0.360. The van der Waals surface area contributed by atoms with Crippen LogP contribution in [0, 0.1) is 5.92 Å². The number of hydrogen-bond donors (Lipinski definition) is 0. The van der Waals surface area contributed by atoms with Gasteiger partial charge in [-0.3, -0.25) is 14.6 Å². The van der Waals surface area contributed by atoms with Crippen LogP contribution in [0.3, 0.4) is 0 Å². The molecule has 0 spiro atoms. The highest BCUT2D eigenvalue weighted by Crippen LogP contribution is 2.38. The van der Waals surface area contributed by atoms with Crippen LogP contribution in [-0.2, 0) is 9.59 Å². The molecule has 158 valence electrons. The maximum Gasteiger partial charge on any atom is 0.228 e. The number of carbonyl (C=O) groups is 2. The topological polar surface area (TPSA) is 72.0 Å². The van der Waals surface area contributed by atoms with Crippen molar-refractivity contribution in [3.8, 4) is 11.5 Å². The van der Waals surface area contributed by atoms with Crippen LogP contribution in [0.1, 0.15) is 37.3 Å². The first kappa shape index (κ1) is 20.2. The van der Waals surface area contributed by atoms with Crippen LogP contribution in [0.5, 0.6) is 11.5 Å². The van der Waals surface area contributed by atoms with Gasteiger partial charge in [0, 0.05) is 38.0 Å². The zero-order valence-electron chi connectivity index (χ0n) is 17.4. The molecule has 2 atom stereocenters. The third kappa shape index (κ3) is 3.84. The van der Waals surface area contributed by atoms with Gasteiger partial charge in [-0.05, 0) is 43.0 Å². The molecule has 7 nitrogen and oxygen atoms in total. The Morgan fingerprint density at radius 3 is 2.77 bits per heavy atom. The number of likely N-dealkylation sites (tertiary alicyclic amines) is 1. The molecule has 1 aromatic carbocycles. The van der Waals surface area contributed by atoms with E-state index in [1.165, 1.54) is 0 Å². The van der Waals surface area contributed by atoms with Crippen LogP contribution < -0.4 is 14.4 Å². The summed E-state index contributed by atoms with van der Waals surface area (Å²) in [5.74, 6) is 0.838. The number of ether oxygens (including phenoxy) is 2. The molecule has 2 aliphatic rings. The molecule has 2 saturated heterocycles. The first-order valence-electron chi connectivity index (χ1n) is 10.3. The first-order chi connectivity index (χ1) is 14.6. The molecular weight excluding hydrogens is 382 g/mol. The molecule has 0 N–H and O–H groups in total. The summed E-state index contributed by atoms with van der Waals surface area (Å²) >= 11 is 0. The fourth-order valence-corrected chi connectivity index (χ4v) is 4.46. The molecule has 0 radical (unpaired) electrons. The van der Waals surface area contributed by atoms with Gasteiger partial charge in [0.2, 0.25) is 11.8 Å². The molecule has 2 fully saturated rings. The lowest BCUT2D eigenvalue weighted by atomic mass is 9.94. The molecule has 1 unspecified atom stereocenters. The lowest BCUT2D eigenvalue weighted by Gasteiger charge is -2.37. The molecule has 3 heterocycles. The number of carbonyl (C=O) groups excluding carboxylic acids is 2. The number of benzene rings is 1. The Morgan fingerprint density at radius 2 is 2.03 bits per heavy atom. The van der Waals surface area contributed by atoms with E-state index < -0.39 is 0 Å². The predicted octanol–water partition coefficient (Wildman–Crippen LogP) is 3.21. The lowest BCUT2D eigenvalue weighted by molar-refractivity contribution is -0.139. The number of methoxy groups -OCH3 is 2. The fraction of sp³-hybridized carbons (Fsp3) is 0.435. The monoisotopic (exact) mass is 409 g/mol. The number of aromatic nitrogens is 1. The molecule has 2 aliphatic heterocycles. The second-order valence-electron chi connectivity index (χ2n) is 7.77. The van der Waals surface area contributed by atoms with Gasteiger partial charge in [0.05, 0.1) is 31.9 Å². The van der Waals surface area contributed by atoms with Crippen LogP contribution in [0.4, 0.5) is 5.69 Å². The van der Waals surface area contributed by atoms with Crippen molar-refractivity contribution >= 4 is 17.5 Å². The average molecular weight is 409 g/mol. The second-order valence-corrected chi connectivity index (χ2v) is 7.77. The Labute approximate surface area is 176 Å². The Kier molecular flexibility index (Phi) is 5.88. The van der Waals surface area contributed by atoms with Gasteiger partial charge in [0.25, 0.3) is 0 Å². The van der Waals surface area contributed by atoms with Gasteiger partial charge in [0.15, 0.2) is 0 Å². The molecule has 7 heteroatoms. The maximum absolute atomic E-state index is 13.4. The highest BCUT2D eigenvalue weighted by Gasteiger charge is 2.40. The Balaban J connectivity index is 1.54. The van der Waals surface area contributed by atoms with Crippen molar-refractivity contribution in [2.45, 2.75) is 31.7 Å². The molecule has 30 heavy (non-hydrogen) atoms. The summed E-state index contributed by atoms with van der Waals surface area (Å²) in [4.78, 5) is 34.1. The lowest BCUT2D eigenvalue weighted by Crippen LogP contribution is -2.42. The Bertz CT molecular complexity index is 918. The molecule has 2 aromatic rings. The van der Waals surface area contributed by atoms with Gasteiger partial charge < -0.3 is 19.3 Å². The van der Waals surface area contributed by atoms with E-state index in [4.69, 9.17) is 9.47 Å². The van der Waals surface area contributed by atoms with E-state index in [0.717, 1.165) is 31.4 Å². The number of piperidine rings is 1. The number of rotatable bonds is 5. The van der Waals surface area contributed by atoms with Crippen molar-refractivity contribution in [3.63, 3.8) is 0 Å². The molecule has 1 aromatic heterocycles. The average Bonchev–Trinajstić information content (AvgIpc) is 3.20. The number of anilines is 1. The van der Waals surface area contributed by atoms with Crippen molar-refractivity contribution in [2.75, 3.05) is 32.2 Å². The van der Waals surface area contributed by atoms with E-state index in [1.54, 1.807) is 37.4 Å². The predicted molar refractivity (Wildman–Crippen MR) is 113 cm³/mol. The molecular formula is C23H27N3O4. The highest BCUT2D eigenvalue weighted by molar-refractivity contribution is 6.01. The van der Waals surface area contributed by atoms with E-state index in [0.29, 0.717) is 23.7 Å². The van der Waals surface area contributed by atoms with Crippen molar-refractivity contribution in [3.05, 3.63) is 48.3 Å². The summed E-state index contributed by atoms with van der Waals surface area (Å²) in [5.41, 5.74) is 1.73. The normalized spacial score (nSPS) is 21.6. The largest absolute Gasteiger partial charge is 0.497 e. The second kappa shape index (κ2) is 8.73. The van der Waals surface area contributed by atoms with Crippen LogP contribution in [0.2, 0.25) is 0 Å². The van der Waals surface area contributed by atoms with E-state index >= 15 is 0 Å². The molecule has 4 rings (SSSR count). The summed E-state index contributed by atoms with van der Waals surface area (Å²) in [6.45, 7) is 1.07. The highest BCUT2D eigenvalue weighted by atomic mass is 16.5. The van der Waals surface area contributed by atoms with Gasteiger partial charge in [-0.1, -0.05) is 6.07 Å². The number of hydrogen-bond acceptors (Lipinski definition) is 5. The third-order valence-electron chi connectivity index (χ3n) is 6.01. The molecule has 0 aliphatic carbocycles. The first-order valence-corrected chi connectivity index (χ1v) is 10.3. The SMILES string of the molecule is COc1ccc(N2CC(C(=O)N3CCCC[C@H]3c3cccnc3)CC2=O)c(OC)c1. The van der Waals surface area contributed by atoms with Crippen LogP contribution >= 0.6 is 0 Å². The fourth-order valence-electron chi connectivity index (χ4n) is 4.46. The third-order valence-corrected chi connectivity index (χ3v) is 6.01. The summed E-state index contributed by atoms with van der Waals surface area (Å²) < 4.78 is 10.7. The van der Waals surface area contributed by atoms with Gasteiger partial charge in [-0.25, -0.2) is 0 Å². The molecule has 2 amide bonds. The van der Waals surface area contributed by atoms with Gasteiger partial charge >= 0.3 is 0 Å². The summed E-state index contributed by atoms with van der Waals surface area (Å²) in [6.07, 6.45) is 6.79. The Morgan fingerprint density at radius 1 is 1.17 bits per heavy atom. The van der Waals surface area contributed by atoms with Crippen LogP contribution in [0.15, 0.2) is 42.7 Å². The summed E-state index contributed by atoms with van der Waals surface area (Å²) in [7, 11) is 3.15. The van der Waals surface area contributed by atoms with Gasteiger partial charge in [-0.15, -0.1) is 0 Å². The maximum atomic E-state index is 13.4. The quantitative estimate of drug-likeness (QED) is 0.758. The van der Waals surface area contributed by atoms with E-state index in [1.807, 2.05) is 29.3 Å². The summed E-state index contributed by atoms with van der Waals surface area (Å²) in [6, 6.07) is 9.31. The zero-order chi connectivity index (χ0) is 21.1. The molecule has 0 saturated carbocycles. The zero-order valence-corrected chi connectivity index (χ0v) is 17.4. The van der Waals surface area contributed by atoms with Gasteiger partial charge in [-0.2, -0.15) is 0 Å². The number of amides is 2. The van der Waals surface area contributed by atoms with E-state index in [9.17, 15) is 9.59 Å². The number of nitrogens with zero attached hydrogens (tertiary/aromatic N) is 3.